The summed E-state index contributed by atoms with van der Waals surface area (Å²) in [5.41, 5.74) is 3.08. The third-order valence-corrected chi connectivity index (χ3v) is 3.76. The molecule has 118 valence electrons. The predicted molar refractivity (Wildman–Crippen MR) is 83.7 cm³/mol. The molecule has 2 amide bonds. The Morgan fingerprint density at radius 3 is 2.50 bits per heavy atom. The van der Waals surface area contributed by atoms with Gasteiger partial charge in [0.1, 0.15) is 5.75 Å². The molecule has 22 heavy (non-hydrogen) atoms. The molecule has 6 heteroatoms. The van der Waals surface area contributed by atoms with Gasteiger partial charge in [-0.3, -0.25) is 9.59 Å². The normalized spacial score (nSPS) is 15.8. The highest BCUT2D eigenvalue weighted by Gasteiger charge is 2.25. The van der Waals surface area contributed by atoms with E-state index in [4.69, 9.17) is 4.74 Å². The van der Waals surface area contributed by atoms with E-state index in [2.05, 4.69) is 17.5 Å². The second kappa shape index (κ2) is 7.59. The topological polar surface area (TPSA) is 71.0 Å². The molecule has 1 aliphatic rings. The molecule has 1 aliphatic heterocycles. The van der Waals surface area contributed by atoms with Gasteiger partial charge in [0.05, 0.1) is 13.3 Å². The predicted octanol–water partition coefficient (Wildman–Crippen LogP) is 1.40. The van der Waals surface area contributed by atoms with E-state index in [1.54, 1.807) is 24.1 Å². The maximum absolute atomic E-state index is 12.0. The van der Waals surface area contributed by atoms with Gasteiger partial charge in [0.15, 0.2) is 0 Å². The lowest BCUT2D eigenvalue weighted by Gasteiger charge is -2.29. The van der Waals surface area contributed by atoms with Gasteiger partial charge in [0.2, 0.25) is 0 Å². The molecule has 1 aromatic carbocycles. The summed E-state index contributed by atoms with van der Waals surface area (Å²) in [6.45, 7) is 3.42. The molecular weight excluding hydrogens is 282 g/mol. The van der Waals surface area contributed by atoms with Crippen molar-refractivity contribution in [3.8, 4) is 5.75 Å². The van der Waals surface area contributed by atoms with E-state index in [1.807, 2.05) is 12.1 Å². The van der Waals surface area contributed by atoms with Crippen molar-refractivity contribution in [2.75, 3.05) is 20.2 Å². The molecule has 0 atom stereocenters. The van der Waals surface area contributed by atoms with Crippen LogP contribution in [-0.4, -0.2) is 43.1 Å². The van der Waals surface area contributed by atoms with E-state index in [-0.39, 0.29) is 0 Å². The Morgan fingerprint density at radius 1 is 1.27 bits per heavy atom. The van der Waals surface area contributed by atoms with E-state index in [9.17, 15) is 9.59 Å². The molecule has 2 rings (SSSR count). The number of nitrogens with one attached hydrogen (secondary N) is 1. The standard InChI is InChI=1S/C16H21N3O3/c1-12-7-9-19(10-8-12)16(21)15(20)18-17-11-13-3-5-14(22-2)6-4-13/h3-6,11-12H,7-10H2,1-2H3,(H,18,20)/b17-11+. The summed E-state index contributed by atoms with van der Waals surface area (Å²) in [6, 6.07) is 7.21. The largest absolute Gasteiger partial charge is 0.497 e. The lowest BCUT2D eigenvalue weighted by atomic mass is 9.99. The molecule has 0 spiro atoms. The zero-order valence-electron chi connectivity index (χ0n) is 12.9. The zero-order chi connectivity index (χ0) is 15.9. The Bertz CT molecular complexity index is 546. The minimum atomic E-state index is -0.695. The van der Waals surface area contributed by atoms with E-state index in [0.717, 1.165) is 24.2 Å². The maximum Gasteiger partial charge on any atom is 0.329 e. The minimum absolute atomic E-state index is 0.515. The highest BCUT2D eigenvalue weighted by atomic mass is 16.5. The average molecular weight is 303 g/mol. The van der Waals surface area contributed by atoms with Crippen molar-refractivity contribution in [1.29, 1.82) is 0 Å². The van der Waals surface area contributed by atoms with Gasteiger partial charge in [-0.05, 0) is 48.6 Å². The van der Waals surface area contributed by atoms with Crippen molar-refractivity contribution < 1.29 is 14.3 Å². The quantitative estimate of drug-likeness (QED) is 0.521. The number of carbonyl (C=O) groups is 2. The van der Waals surface area contributed by atoms with Crippen LogP contribution in [-0.2, 0) is 9.59 Å². The first-order valence-electron chi connectivity index (χ1n) is 7.36. The third kappa shape index (κ3) is 4.31. The molecule has 1 fully saturated rings. The van der Waals surface area contributed by atoms with Gasteiger partial charge in [-0.1, -0.05) is 6.92 Å². The molecule has 0 aliphatic carbocycles. The van der Waals surface area contributed by atoms with Gasteiger partial charge < -0.3 is 9.64 Å². The number of nitrogens with zero attached hydrogens (tertiary/aromatic N) is 2. The number of hydrogen-bond donors (Lipinski definition) is 1. The fraction of sp³-hybridized carbons (Fsp3) is 0.438. The molecule has 0 saturated carbocycles. The molecule has 0 aromatic heterocycles. The van der Waals surface area contributed by atoms with E-state index in [0.29, 0.717) is 19.0 Å². The van der Waals surface area contributed by atoms with Gasteiger partial charge in [0.25, 0.3) is 0 Å². The van der Waals surface area contributed by atoms with E-state index in [1.165, 1.54) is 6.21 Å². The molecule has 1 saturated heterocycles. The highest BCUT2D eigenvalue weighted by molar-refractivity contribution is 6.35. The SMILES string of the molecule is COc1ccc(/C=N/NC(=O)C(=O)N2CCC(C)CC2)cc1. The van der Waals surface area contributed by atoms with Crippen LogP contribution >= 0.6 is 0 Å². The minimum Gasteiger partial charge on any atom is -0.497 e. The summed E-state index contributed by atoms with van der Waals surface area (Å²) in [6.07, 6.45) is 3.37. The smallest absolute Gasteiger partial charge is 0.329 e. The van der Waals surface area contributed by atoms with Crippen molar-refractivity contribution in [3.05, 3.63) is 29.8 Å². The van der Waals surface area contributed by atoms with Crippen LogP contribution in [0.2, 0.25) is 0 Å². The van der Waals surface area contributed by atoms with Crippen LogP contribution in [0.25, 0.3) is 0 Å². The van der Waals surface area contributed by atoms with Crippen molar-refractivity contribution in [3.63, 3.8) is 0 Å². The lowest BCUT2D eigenvalue weighted by molar-refractivity contribution is -0.146. The summed E-state index contributed by atoms with van der Waals surface area (Å²) in [4.78, 5) is 25.3. The molecule has 1 aromatic rings. The number of rotatable bonds is 3. The summed E-state index contributed by atoms with van der Waals surface area (Å²) < 4.78 is 5.05. The van der Waals surface area contributed by atoms with Gasteiger partial charge in [-0.25, -0.2) is 5.43 Å². The van der Waals surface area contributed by atoms with Crippen LogP contribution in [0.3, 0.4) is 0 Å². The Hall–Kier alpha value is -2.37. The van der Waals surface area contributed by atoms with Crippen LogP contribution in [0.4, 0.5) is 0 Å². The van der Waals surface area contributed by atoms with E-state index >= 15 is 0 Å². The molecule has 6 nitrogen and oxygen atoms in total. The molecule has 1 heterocycles. The first-order valence-corrected chi connectivity index (χ1v) is 7.36. The summed E-state index contributed by atoms with van der Waals surface area (Å²) in [5, 5.41) is 3.82. The van der Waals surface area contributed by atoms with Crippen molar-refractivity contribution in [1.82, 2.24) is 10.3 Å². The van der Waals surface area contributed by atoms with Crippen LogP contribution in [0, 0.1) is 5.92 Å². The Morgan fingerprint density at radius 2 is 1.91 bits per heavy atom. The lowest BCUT2D eigenvalue weighted by Crippen LogP contribution is -2.45. The first kappa shape index (κ1) is 16.0. The Balaban J connectivity index is 1.83. The summed E-state index contributed by atoms with van der Waals surface area (Å²) >= 11 is 0. The molecular formula is C16H21N3O3. The number of likely N-dealkylation sites (tertiary alicyclic amines) is 1. The fourth-order valence-electron chi connectivity index (χ4n) is 2.26. The highest BCUT2D eigenvalue weighted by Crippen LogP contribution is 2.15. The summed E-state index contributed by atoms with van der Waals surface area (Å²) in [7, 11) is 1.59. The number of amides is 2. The van der Waals surface area contributed by atoms with Gasteiger partial charge in [-0.15, -0.1) is 0 Å². The Kier molecular flexibility index (Phi) is 5.52. The number of methoxy groups -OCH3 is 1. The number of benzene rings is 1. The van der Waals surface area contributed by atoms with Crippen LogP contribution < -0.4 is 10.2 Å². The monoisotopic (exact) mass is 303 g/mol. The maximum atomic E-state index is 12.0. The average Bonchev–Trinajstić information content (AvgIpc) is 2.55. The van der Waals surface area contributed by atoms with Crippen molar-refractivity contribution in [2.24, 2.45) is 11.0 Å². The van der Waals surface area contributed by atoms with Crippen molar-refractivity contribution in [2.45, 2.75) is 19.8 Å². The third-order valence-electron chi connectivity index (χ3n) is 3.76. The zero-order valence-corrected chi connectivity index (χ0v) is 12.9. The number of hydrogen-bond acceptors (Lipinski definition) is 4. The number of carbonyl (C=O) groups excluding carboxylic acids is 2. The van der Waals surface area contributed by atoms with Gasteiger partial charge in [-0.2, -0.15) is 5.10 Å². The second-order valence-corrected chi connectivity index (χ2v) is 5.45. The first-order chi connectivity index (χ1) is 10.6. The van der Waals surface area contributed by atoms with Crippen LogP contribution in [0.15, 0.2) is 29.4 Å². The fourth-order valence-corrected chi connectivity index (χ4v) is 2.26. The molecule has 1 N–H and O–H groups in total. The second-order valence-electron chi connectivity index (χ2n) is 5.45. The number of hydrazone groups is 1. The van der Waals surface area contributed by atoms with Crippen LogP contribution in [0.1, 0.15) is 25.3 Å². The number of piperidine rings is 1. The molecule has 0 bridgehead atoms. The summed E-state index contributed by atoms with van der Waals surface area (Å²) in [5.74, 6) is 0.147. The number of ether oxygens (including phenoxy) is 1. The molecule has 0 radical (unpaired) electrons. The van der Waals surface area contributed by atoms with Crippen molar-refractivity contribution >= 4 is 18.0 Å². The van der Waals surface area contributed by atoms with Gasteiger partial charge >= 0.3 is 11.8 Å². The Labute approximate surface area is 130 Å². The van der Waals surface area contributed by atoms with Gasteiger partial charge in [0, 0.05) is 13.1 Å². The molecule has 0 unspecified atom stereocenters. The van der Waals surface area contributed by atoms with Crippen LogP contribution in [0.5, 0.6) is 5.75 Å². The van der Waals surface area contributed by atoms with E-state index < -0.39 is 11.8 Å².